The Kier molecular flexibility index (Phi) is 5.77. The molecule has 0 N–H and O–H groups in total. The van der Waals surface area contributed by atoms with E-state index in [2.05, 4.69) is 27.7 Å². The van der Waals surface area contributed by atoms with Gasteiger partial charge in [-0.05, 0) is 36.7 Å². The second kappa shape index (κ2) is 7.58. The number of hydrogen-bond donors (Lipinski definition) is 0. The van der Waals surface area contributed by atoms with Crippen LogP contribution in [0, 0.1) is 5.92 Å². The van der Waals surface area contributed by atoms with Crippen molar-refractivity contribution >= 4 is 18.2 Å². The molecule has 4 atom stereocenters. The van der Waals surface area contributed by atoms with Crippen molar-refractivity contribution in [2.75, 3.05) is 0 Å². The van der Waals surface area contributed by atoms with E-state index in [1.807, 2.05) is 12.1 Å². The molecule has 0 radical (unpaired) electrons. The third kappa shape index (κ3) is 3.57. The van der Waals surface area contributed by atoms with Crippen LogP contribution < -0.4 is 0 Å². The molecule has 1 aromatic rings. The lowest BCUT2D eigenvalue weighted by atomic mass is 9.99. The number of ether oxygens (including phenoxy) is 1. The lowest BCUT2D eigenvalue weighted by molar-refractivity contribution is 0.113. The standard InChI is InChI=1S/C20H30O4SSi/c1-5-26(6-2,7-3)24-17-13-14-18(20-19(23-20)15(17)4)25(21,22)16-11-9-8-10-12-16/h8-12,14-15,17,19-20H,5-7,13H2,1-4H3/t15-,17+,19-,20+/m0/s1. The van der Waals surface area contributed by atoms with E-state index >= 15 is 0 Å². The second-order valence-corrected chi connectivity index (χ2v) is 14.1. The monoisotopic (exact) mass is 394 g/mol. The van der Waals surface area contributed by atoms with Crippen LogP contribution in [0.2, 0.25) is 18.1 Å². The van der Waals surface area contributed by atoms with Crippen molar-refractivity contribution in [1.82, 2.24) is 0 Å². The quantitative estimate of drug-likeness (QED) is 0.503. The summed E-state index contributed by atoms with van der Waals surface area (Å²) in [6.07, 6.45) is 2.18. The van der Waals surface area contributed by atoms with Gasteiger partial charge in [0.05, 0.1) is 22.0 Å². The van der Waals surface area contributed by atoms with E-state index in [0.717, 1.165) is 18.1 Å². The van der Waals surface area contributed by atoms with Crippen molar-refractivity contribution in [2.24, 2.45) is 5.92 Å². The van der Waals surface area contributed by atoms with E-state index in [9.17, 15) is 8.42 Å². The number of hydrogen-bond acceptors (Lipinski definition) is 4. The maximum absolute atomic E-state index is 13.1. The van der Waals surface area contributed by atoms with Crippen LogP contribution in [0.1, 0.15) is 34.1 Å². The lowest BCUT2D eigenvalue weighted by Gasteiger charge is -2.35. The third-order valence-corrected chi connectivity index (χ3v) is 12.7. The minimum absolute atomic E-state index is 0.0417. The van der Waals surface area contributed by atoms with E-state index in [0.29, 0.717) is 16.2 Å². The predicted molar refractivity (Wildman–Crippen MR) is 106 cm³/mol. The Morgan fingerprint density at radius 3 is 2.31 bits per heavy atom. The molecule has 1 saturated heterocycles. The highest BCUT2D eigenvalue weighted by Crippen LogP contribution is 2.45. The average molecular weight is 395 g/mol. The molecule has 0 amide bonds. The normalized spacial score (nSPS) is 28.8. The third-order valence-electron chi connectivity index (χ3n) is 6.16. The zero-order valence-electron chi connectivity index (χ0n) is 16.1. The fourth-order valence-electron chi connectivity index (χ4n) is 4.00. The maximum Gasteiger partial charge on any atom is 0.205 e. The van der Waals surface area contributed by atoms with E-state index in [4.69, 9.17) is 9.16 Å². The molecule has 2 aliphatic rings. The van der Waals surface area contributed by atoms with Crippen molar-refractivity contribution in [2.45, 2.75) is 75.5 Å². The summed E-state index contributed by atoms with van der Waals surface area (Å²) in [6.45, 7) is 8.80. The van der Waals surface area contributed by atoms with Crippen molar-refractivity contribution in [3.63, 3.8) is 0 Å². The van der Waals surface area contributed by atoms with Crippen LogP contribution >= 0.6 is 0 Å². The molecule has 0 unspecified atom stereocenters. The highest BCUT2D eigenvalue weighted by atomic mass is 32.2. The maximum atomic E-state index is 13.1. The van der Waals surface area contributed by atoms with Gasteiger partial charge in [-0.15, -0.1) is 0 Å². The molecule has 1 aliphatic heterocycles. The van der Waals surface area contributed by atoms with E-state index in [1.165, 1.54) is 0 Å². The van der Waals surface area contributed by atoms with Crippen molar-refractivity contribution in [1.29, 1.82) is 0 Å². The highest BCUT2D eigenvalue weighted by molar-refractivity contribution is 7.95. The molecule has 0 aromatic heterocycles. The summed E-state index contributed by atoms with van der Waals surface area (Å²) in [5, 5.41) is 0. The van der Waals surface area contributed by atoms with Gasteiger partial charge in [0.15, 0.2) is 8.32 Å². The number of fused-ring (bicyclic) bond motifs is 1. The van der Waals surface area contributed by atoms with Crippen LogP contribution in [-0.2, 0) is 19.0 Å². The molecule has 3 rings (SSSR count). The van der Waals surface area contributed by atoms with Gasteiger partial charge in [-0.2, -0.15) is 0 Å². The van der Waals surface area contributed by atoms with Crippen LogP contribution in [-0.4, -0.2) is 35.0 Å². The molecule has 0 saturated carbocycles. The minimum atomic E-state index is -3.51. The van der Waals surface area contributed by atoms with Gasteiger partial charge in [0.1, 0.15) is 6.10 Å². The Balaban J connectivity index is 1.87. The Morgan fingerprint density at radius 1 is 1.12 bits per heavy atom. The summed E-state index contributed by atoms with van der Waals surface area (Å²) in [5.74, 6) is 0.205. The van der Waals surface area contributed by atoms with Gasteiger partial charge in [-0.1, -0.05) is 52.0 Å². The van der Waals surface area contributed by atoms with Crippen molar-refractivity contribution in [3.8, 4) is 0 Å². The Labute approximate surface area is 158 Å². The fourth-order valence-corrected chi connectivity index (χ4v) is 8.55. The highest BCUT2D eigenvalue weighted by Gasteiger charge is 2.53. The van der Waals surface area contributed by atoms with Gasteiger partial charge in [0, 0.05) is 5.92 Å². The first-order valence-corrected chi connectivity index (χ1v) is 13.7. The molecule has 1 fully saturated rings. The zero-order valence-corrected chi connectivity index (χ0v) is 18.0. The second-order valence-electron chi connectivity index (χ2n) is 7.44. The van der Waals surface area contributed by atoms with Gasteiger partial charge in [-0.25, -0.2) is 8.42 Å². The molecule has 26 heavy (non-hydrogen) atoms. The van der Waals surface area contributed by atoms with Gasteiger partial charge in [0.2, 0.25) is 9.84 Å². The summed E-state index contributed by atoms with van der Waals surface area (Å²) in [4.78, 5) is 0.760. The largest absolute Gasteiger partial charge is 0.413 e. The molecule has 4 nitrogen and oxygen atoms in total. The molecular formula is C20H30O4SSi. The smallest absolute Gasteiger partial charge is 0.205 e. The van der Waals surface area contributed by atoms with E-state index in [-0.39, 0.29) is 24.2 Å². The topological polar surface area (TPSA) is 55.9 Å². The summed E-state index contributed by atoms with van der Waals surface area (Å²) in [7, 11) is -5.25. The fraction of sp³-hybridized carbons (Fsp3) is 0.600. The number of sulfone groups is 1. The van der Waals surface area contributed by atoms with Crippen LogP contribution in [0.25, 0.3) is 0 Å². The first-order chi connectivity index (χ1) is 12.4. The van der Waals surface area contributed by atoms with Gasteiger partial charge in [0.25, 0.3) is 0 Å². The summed E-state index contributed by atoms with van der Waals surface area (Å²) >= 11 is 0. The SMILES string of the molecule is CC[Si](CC)(CC)O[C@@H]1CC=C(S(=O)(=O)c2ccccc2)[C@H]2O[C@H]2[C@H]1C. The molecular weight excluding hydrogens is 364 g/mol. The van der Waals surface area contributed by atoms with E-state index in [1.54, 1.807) is 24.3 Å². The van der Waals surface area contributed by atoms with E-state index < -0.39 is 18.2 Å². The van der Waals surface area contributed by atoms with Crippen LogP contribution in [0.4, 0.5) is 0 Å². The number of benzene rings is 1. The summed E-state index contributed by atoms with van der Waals surface area (Å²) in [6, 6.07) is 11.9. The molecule has 144 valence electrons. The van der Waals surface area contributed by atoms with Crippen LogP contribution in [0.3, 0.4) is 0 Å². The lowest BCUT2D eigenvalue weighted by Crippen LogP contribution is -2.42. The summed E-state index contributed by atoms with van der Waals surface area (Å²) in [5.41, 5.74) is 0. The van der Waals surface area contributed by atoms with Crippen molar-refractivity contribution in [3.05, 3.63) is 41.3 Å². The number of rotatable bonds is 7. The minimum Gasteiger partial charge on any atom is -0.413 e. The first kappa shape index (κ1) is 19.8. The first-order valence-electron chi connectivity index (χ1n) is 9.72. The molecule has 0 spiro atoms. The summed E-state index contributed by atoms with van der Waals surface area (Å²) < 4.78 is 38.7. The molecule has 6 heteroatoms. The molecule has 0 bridgehead atoms. The average Bonchev–Trinajstić information content (AvgIpc) is 3.46. The Bertz CT molecular complexity index is 747. The predicted octanol–water partition coefficient (Wildman–Crippen LogP) is 4.54. The zero-order chi connectivity index (χ0) is 18.9. The van der Waals surface area contributed by atoms with Gasteiger partial charge in [-0.3, -0.25) is 0 Å². The van der Waals surface area contributed by atoms with Crippen LogP contribution in [0.5, 0.6) is 0 Å². The number of epoxide rings is 1. The molecule has 1 aromatic carbocycles. The molecule has 1 aliphatic carbocycles. The Morgan fingerprint density at radius 2 is 1.73 bits per heavy atom. The van der Waals surface area contributed by atoms with Gasteiger partial charge < -0.3 is 9.16 Å². The Hall–Kier alpha value is -0.953. The van der Waals surface area contributed by atoms with Crippen molar-refractivity contribution < 1.29 is 17.6 Å². The van der Waals surface area contributed by atoms with Crippen LogP contribution in [0.15, 0.2) is 46.2 Å². The van der Waals surface area contributed by atoms with Gasteiger partial charge >= 0.3 is 0 Å². The molecule has 1 heterocycles.